The summed E-state index contributed by atoms with van der Waals surface area (Å²) in [6.07, 6.45) is 6.84. The molecule has 19 heavy (non-hydrogen) atoms. The third-order valence-electron chi connectivity index (χ3n) is 2.54. The van der Waals surface area contributed by atoms with Gasteiger partial charge in [-0.15, -0.1) is 12.3 Å². The number of terminal acetylenes is 1. The van der Waals surface area contributed by atoms with Crippen molar-refractivity contribution < 1.29 is 4.74 Å². The number of hydrogen-bond donors (Lipinski definition) is 1. The lowest BCUT2D eigenvalue weighted by atomic mass is 10.1. The highest BCUT2D eigenvalue weighted by Gasteiger charge is 2.09. The van der Waals surface area contributed by atoms with Gasteiger partial charge in [0.1, 0.15) is 5.75 Å². The monoisotopic (exact) mass is 323 g/mol. The van der Waals surface area contributed by atoms with E-state index in [9.17, 15) is 0 Å². The number of halogens is 1. The van der Waals surface area contributed by atoms with E-state index in [0.717, 1.165) is 29.6 Å². The van der Waals surface area contributed by atoms with Crippen LogP contribution < -0.4 is 10.1 Å². The third-order valence-corrected chi connectivity index (χ3v) is 3.16. The number of unbranched alkanes of at least 4 members (excludes halogenated alkanes) is 1. The summed E-state index contributed by atoms with van der Waals surface area (Å²) in [7, 11) is 0. The van der Waals surface area contributed by atoms with Crippen molar-refractivity contribution in [1.29, 1.82) is 0 Å². The van der Waals surface area contributed by atoms with Crippen LogP contribution in [0.25, 0.3) is 0 Å². The molecule has 0 saturated carbocycles. The highest BCUT2D eigenvalue weighted by Crippen LogP contribution is 2.26. The molecule has 0 aromatic heterocycles. The summed E-state index contributed by atoms with van der Waals surface area (Å²) in [6.45, 7) is 7.98. The van der Waals surface area contributed by atoms with Crippen LogP contribution in [0, 0.1) is 12.3 Å². The maximum atomic E-state index is 5.68. The maximum absolute atomic E-state index is 5.68. The van der Waals surface area contributed by atoms with Gasteiger partial charge in [0, 0.05) is 18.5 Å². The summed E-state index contributed by atoms with van der Waals surface area (Å²) in [5, 5.41) is 3.46. The molecule has 2 nitrogen and oxygen atoms in total. The molecule has 0 heterocycles. The summed E-state index contributed by atoms with van der Waals surface area (Å²) in [5.41, 5.74) is 1.36. The van der Waals surface area contributed by atoms with Crippen molar-refractivity contribution in [3.63, 3.8) is 0 Å². The van der Waals surface area contributed by atoms with Crippen LogP contribution in [-0.2, 0) is 6.54 Å². The topological polar surface area (TPSA) is 21.3 Å². The Labute approximate surface area is 125 Å². The average Bonchev–Trinajstić information content (AvgIpc) is 2.33. The van der Waals surface area contributed by atoms with Crippen molar-refractivity contribution in [3.8, 4) is 18.1 Å². The van der Waals surface area contributed by atoms with Crippen LogP contribution in [0.5, 0.6) is 5.75 Å². The second-order valence-electron chi connectivity index (χ2n) is 5.52. The SMILES string of the molecule is C#CCCCOc1ccc(CNC(C)(C)C)cc1Br. The normalized spacial score (nSPS) is 11.1. The van der Waals surface area contributed by atoms with E-state index in [1.165, 1.54) is 5.56 Å². The van der Waals surface area contributed by atoms with Gasteiger partial charge in [0.2, 0.25) is 0 Å². The molecule has 0 radical (unpaired) electrons. The highest BCUT2D eigenvalue weighted by atomic mass is 79.9. The molecule has 0 amide bonds. The van der Waals surface area contributed by atoms with Gasteiger partial charge < -0.3 is 10.1 Å². The number of nitrogens with one attached hydrogen (secondary N) is 1. The Morgan fingerprint density at radius 3 is 2.68 bits per heavy atom. The molecule has 0 bridgehead atoms. The van der Waals surface area contributed by atoms with Crippen LogP contribution in [0.2, 0.25) is 0 Å². The molecule has 1 N–H and O–H groups in total. The van der Waals surface area contributed by atoms with Crippen LogP contribution in [-0.4, -0.2) is 12.1 Å². The number of rotatable bonds is 6. The largest absolute Gasteiger partial charge is 0.492 e. The zero-order valence-electron chi connectivity index (χ0n) is 11.9. The van der Waals surface area contributed by atoms with Crippen LogP contribution in [0.3, 0.4) is 0 Å². The highest BCUT2D eigenvalue weighted by molar-refractivity contribution is 9.10. The Morgan fingerprint density at radius 2 is 2.11 bits per heavy atom. The van der Waals surface area contributed by atoms with E-state index < -0.39 is 0 Å². The van der Waals surface area contributed by atoms with Gasteiger partial charge >= 0.3 is 0 Å². The van der Waals surface area contributed by atoms with Gasteiger partial charge in [-0.1, -0.05) is 6.07 Å². The molecule has 0 fully saturated rings. The first-order valence-corrected chi connectivity index (χ1v) is 7.31. The zero-order valence-corrected chi connectivity index (χ0v) is 13.5. The van der Waals surface area contributed by atoms with Crippen LogP contribution in [0.1, 0.15) is 39.2 Å². The van der Waals surface area contributed by atoms with Crippen molar-refractivity contribution in [2.24, 2.45) is 0 Å². The summed E-state index contributed by atoms with van der Waals surface area (Å²) in [5.74, 6) is 3.48. The molecule has 1 rings (SSSR count). The smallest absolute Gasteiger partial charge is 0.133 e. The Balaban J connectivity index is 2.52. The number of benzene rings is 1. The lowest BCUT2D eigenvalue weighted by Gasteiger charge is -2.20. The summed E-state index contributed by atoms with van der Waals surface area (Å²) in [4.78, 5) is 0. The van der Waals surface area contributed by atoms with Crippen LogP contribution in [0.4, 0.5) is 0 Å². The third kappa shape index (κ3) is 6.66. The van der Waals surface area contributed by atoms with Gasteiger partial charge in [-0.2, -0.15) is 0 Å². The fourth-order valence-electron chi connectivity index (χ4n) is 1.49. The second kappa shape index (κ2) is 7.57. The minimum Gasteiger partial charge on any atom is -0.492 e. The minimum absolute atomic E-state index is 0.122. The van der Waals surface area contributed by atoms with Crippen molar-refractivity contribution >= 4 is 15.9 Å². The van der Waals surface area contributed by atoms with Gasteiger partial charge in [0.25, 0.3) is 0 Å². The molecule has 0 unspecified atom stereocenters. The molecule has 1 aromatic carbocycles. The minimum atomic E-state index is 0.122. The van der Waals surface area contributed by atoms with Crippen molar-refractivity contribution in [1.82, 2.24) is 5.32 Å². The van der Waals surface area contributed by atoms with Crippen molar-refractivity contribution in [3.05, 3.63) is 28.2 Å². The second-order valence-corrected chi connectivity index (χ2v) is 6.38. The van der Waals surface area contributed by atoms with Crippen molar-refractivity contribution in [2.45, 2.75) is 45.7 Å². The Morgan fingerprint density at radius 1 is 1.37 bits per heavy atom. The molecule has 0 aliphatic heterocycles. The quantitative estimate of drug-likeness (QED) is 0.627. The van der Waals surface area contributed by atoms with E-state index >= 15 is 0 Å². The fraction of sp³-hybridized carbons (Fsp3) is 0.500. The Hall–Kier alpha value is -0.980. The molecular weight excluding hydrogens is 302 g/mol. The number of hydrogen-bond acceptors (Lipinski definition) is 2. The first-order chi connectivity index (χ1) is 8.92. The molecule has 0 aliphatic carbocycles. The van der Waals surface area contributed by atoms with Crippen molar-refractivity contribution in [2.75, 3.05) is 6.61 Å². The van der Waals surface area contributed by atoms with Crippen LogP contribution >= 0.6 is 15.9 Å². The maximum Gasteiger partial charge on any atom is 0.133 e. The average molecular weight is 324 g/mol. The van der Waals surface area contributed by atoms with Gasteiger partial charge in [-0.3, -0.25) is 0 Å². The zero-order chi connectivity index (χ0) is 14.3. The first-order valence-electron chi connectivity index (χ1n) is 6.52. The number of ether oxygens (including phenoxy) is 1. The van der Waals surface area contributed by atoms with Gasteiger partial charge in [0.15, 0.2) is 0 Å². The molecule has 1 aromatic rings. The van der Waals surface area contributed by atoms with E-state index in [4.69, 9.17) is 11.2 Å². The van der Waals surface area contributed by atoms with E-state index in [1.807, 2.05) is 6.07 Å². The molecule has 0 atom stereocenters. The molecule has 3 heteroatoms. The standard InChI is InChI=1S/C16H22BrNO/c1-5-6-7-10-19-15-9-8-13(11-14(15)17)12-18-16(2,3)4/h1,8-9,11,18H,6-7,10,12H2,2-4H3. The van der Waals surface area contributed by atoms with Gasteiger partial charge in [-0.05, 0) is 60.8 Å². The predicted octanol–water partition coefficient (Wildman–Crippen LogP) is 4.13. The summed E-state index contributed by atoms with van der Waals surface area (Å²) >= 11 is 3.54. The predicted molar refractivity (Wildman–Crippen MR) is 84.3 cm³/mol. The van der Waals surface area contributed by atoms with E-state index in [2.05, 4.69) is 60.1 Å². The van der Waals surface area contributed by atoms with E-state index in [0.29, 0.717) is 6.61 Å². The van der Waals surface area contributed by atoms with Gasteiger partial charge in [-0.25, -0.2) is 0 Å². The summed E-state index contributed by atoms with van der Waals surface area (Å²) in [6, 6.07) is 6.18. The van der Waals surface area contributed by atoms with Gasteiger partial charge in [0.05, 0.1) is 11.1 Å². The first kappa shape index (κ1) is 16.1. The molecule has 0 saturated heterocycles. The lowest BCUT2D eigenvalue weighted by Crippen LogP contribution is -2.35. The summed E-state index contributed by atoms with van der Waals surface area (Å²) < 4.78 is 6.66. The van der Waals surface area contributed by atoms with Crippen LogP contribution in [0.15, 0.2) is 22.7 Å². The van der Waals surface area contributed by atoms with E-state index in [1.54, 1.807) is 0 Å². The molecular formula is C16H22BrNO. The molecule has 0 aliphatic rings. The Bertz CT molecular complexity index is 443. The molecule has 104 valence electrons. The lowest BCUT2D eigenvalue weighted by molar-refractivity contribution is 0.311. The molecule has 0 spiro atoms. The Kier molecular flexibility index (Phi) is 6.41. The fourth-order valence-corrected chi connectivity index (χ4v) is 2.04. The van der Waals surface area contributed by atoms with E-state index in [-0.39, 0.29) is 5.54 Å².